The van der Waals surface area contributed by atoms with Crippen LogP contribution in [0.25, 0.3) is 11.0 Å². The zero-order chi connectivity index (χ0) is 16.5. The Morgan fingerprint density at radius 1 is 1.17 bits per heavy atom. The fourth-order valence-corrected chi connectivity index (χ4v) is 2.58. The van der Waals surface area contributed by atoms with E-state index in [4.69, 9.17) is 0 Å². The molecule has 0 spiro atoms. The summed E-state index contributed by atoms with van der Waals surface area (Å²) < 4.78 is 2.20. The Hall–Kier alpha value is -1.31. The molecule has 2 aromatic rings. The van der Waals surface area contributed by atoms with E-state index in [1.165, 1.54) is 18.4 Å². The average molecular weight is 443 g/mol. The smallest absolute Gasteiger partial charge is 0.190 e. The van der Waals surface area contributed by atoms with E-state index >= 15 is 0 Å². The van der Waals surface area contributed by atoms with Gasteiger partial charge in [0.15, 0.2) is 5.96 Å². The number of aryl methyl sites for hydroxylation is 1. The molecule has 0 aliphatic carbocycles. The van der Waals surface area contributed by atoms with Gasteiger partial charge in [0.1, 0.15) is 0 Å². The second-order valence-corrected chi connectivity index (χ2v) is 6.24. The van der Waals surface area contributed by atoms with Crippen molar-refractivity contribution in [3.05, 3.63) is 30.6 Å². The molecule has 0 saturated carbocycles. The van der Waals surface area contributed by atoms with E-state index in [2.05, 4.69) is 51.2 Å². The summed E-state index contributed by atoms with van der Waals surface area (Å²) in [4.78, 5) is 8.68. The summed E-state index contributed by atoms with van der Waals surface area (Å²) in [6.07, 6.45) is 5.38. The standard InChI is InChI=1S/C18H29N5.HI/c1-15(2)8-6-11-20-18(19-3)21-12-7-13-23-14-22-16-9-4-5-10-17(16)23;/h4-5,9-10,14-15H,6-8,11-13H2,1-3H3,(H2,19,20,21);1H. The number of hydrogen-bond acceptors (Lipinski definition) is 2. The van der Waals surface area contributed by atoms with Crippen molar-refractivity contribution >= 4 is 41.0 Å². The Morgan fingerprint density at radius 3 is 2.58 bits per heavy atom. The molecule has 0 atom stereocenters. The molecule has 0 bridgehead atoms. The lowest BCUT2D eigenvalue weighted by molar-refractivity contribution is 0.548. The second kappa shape index (κ2) is 11.3. The minimum Gasteiger partial charge on any atom is -0.356 e. The fourth-order valence-electron chi connectivity index (χ4n) is 2.58. The summed E-state index contributed by atoms with van der Waals surface area (Å²) in [6, 6.07) is 8.25. The zero-order valence-electron chi connectivity index (χ0n) is 15.0. The van der Waals surface area contributed by atoms with Crippen molar-refractivity contribution in [3.63, 3.8) is 0 Å². The van der Waals surface area contributed by atoms with Gasteiger partial charge < -0.3 is 15.2 Å². The molecule has 5 nitrogen and oxygen atoms in total. The van der Waals surface area contributed by atoms with E-state index in [0.29, 0.717) is 0 Å². The van der Waals surface area contributed by atoms with Crippen molar-refractivity contribution in [1.82, 2.24) is 20.2 Å². The van der Waals surface area contributed by atoms with Gasteiger partial charge >= 0.3 is 0 Å². The summed E-state index contributed by atoms with van der Waals surface area (Å²) in [7, 11) is 1.82. The average Bonchev–Trinajstić information content (AvgIpc) is 2.96. The van der Waals surface area contributed by atoms with Crippen LogP contribution in [-0.2, 0) is 6.54 Å². The van der Waals surface area contributed by atoms with Gasteiger partial charge in [0, 0.05) is 26.7 Å². The summed E-state index contributed by atoms with van der Waals surface area (Å²) in [5, 5.41) is 6.74. The van der Waals surface area contributed by atoms with Gasteiger partial charge in [0.2, 0.25) is 0 Å². The number of nitrogens with zero attached hydrogens (tertiary/aromatic N) is 3. The number of guanidine groups is 1. The molecule has 2 rings (SSSR count). The number of aliphatic imine (C=N–C) groups is 1. The number of halogens is 1. The highest BCUT2D eigenvalue weighted by Crippen LogP contribution is 2.11. The van der Waals surface area contributed by atoms with Crippen LogP contribution in [0.5, 0.6) is 0 Å². The van der Waals surface area contributed by atoms with E-state index in [1.54, 1.807) is 0 Å². The van der Waals surface area contributed by atoms with Gasteiger partial charge in [-0.05, 0) is 37.3 Å². The van der Waals surface area contributed by atoms with Crippen LogP contribution >= 0.6 is 24.0 Å². The predicted molar refractivity (Wildman–Crippen MR) is 113 cm³/mol. The first-order valence-corrected chi connectivity index (χ1v) is 8.55. The van der Waals surface area contributed by atoms with Crippen LogP contribution in [0.2, 0.25) is 0 Å². The van der Waals surface area contributed by atoms with Crippen molar-refractivity contribution in [2.24, 2.45) is 10.9 Å². The molecule has 0 saturated heterocycles. The normalized spacial score (nSPS) is 11.6. The topological polar surface area (TPSA) is 54.2 Å². The third-order valence-corrected chi connectivity index (χ3v) is 3.87. The first-order chi connectivity index (χ1) is 11.2. The van der Waals surface area contributed by atoms with Crippen molar-refractivity contribution in [3.8, 4) is 0 Å². The molecular formula is C18H30IN5. The lowest BCUT2D eigenvalue weighted by Crippen LogP contribution is -2.38. The lowest BCUT2D eigenvalue weighted by Gasteiger charge is -2.12. The van der Waals surface area contributed by atoms with E-state index in [9.17, 15) is 0 Å². The summed E-state index contributed by atoms with van der Waals surface area (Å²) in [5.41, 5.74) is 2.26. The maximum absolute atomic E-state index is 4.42. The van der Waals surface area contributed by atoms with Gasteiger partial charge in [0.05, 0.1) is 17.4 Å². The molecule has 134 valence electrons. The van der Waals surface area contributed by atoms with E-state index in [1.807, 2.05) is 25.5 Å². The number of para-hydroxylation sites is 2. The molecule has 1 aromatic carbocycles. The van der Waals surface area contributed by atoms with E-state index in [0.717, 1.165) is 43.4 Å². The molecule has 0 amide bonds. The first kappa shape index (κ1) is 20.7. The number of fused-ring (bicyclic) bond motifs is 1. The molecule has 6 heteroatoms. The molecule has 2 N–H and O–H groups in total. The fraction of sp³-hybridized carbons (Fsp3) is 0.556. The third kappa shape index (κ3) is 6.67. The number of nitrogens with one attached hydrogen (secondary N) is 2. The van der Waals surface area contributed by atoms with Crippen LogP contribution in [0, 0.1) is 5.92 Å². The van der Waals surface area contributed by atoms with E-state index in [-0.39, 0.29) is 24.0 Å². The SMILES string of the molecule is CN=C(NCCCC(C)C)NCCCn1cnc2ccccc21.I. The Kier molecular flexibility index (Phi) is 9.75. The lowest BCUT2D eigenvalue weighted by atomic mass is 10.1. The van der Waals surface area contributed by atoms with Crippen molar-refractivity contribution in [1.29, 1.82) is 0 Å². The molecule has 0 unspecified atom stereocenters. The monoisotopic (exact) mass is 443 g/mol. The minimum absolute atomic E-state index is 0. The van der Waals surface area contributed by atoms with Gasteiger partial charge in [-0.15, -0.1) is 24.0 Å². The Labute approximate surface area is 162 Å². The molecule has 0 fully saturated rings. The van der Waals surface area contributed by atoms with Crippen LogP contribution in [-0.4, -0.2) is 35.6 Å². The summed E-state index contributed by atoms with van der Waals surface area (Å²) in [5.74, 6) is 1.65. The van der Waals surface area contributed by atoms with E-state index < -0.39 is 0 Å². The molecule has 0 aliphatic heterocycles. The Balaban J connectivity index is 0.00000288. The van der Waals surface area contributed by atoms with Crippen LogP contribution in [0.15, 0.2) is 35.6 Å². The largest absolute Gasteiger partial charge is 0.356 e. The molecule has 0 aliphatic rings. The van der Waals surface area contributed by atoms with Gasteiger partial charge in [-0.1, -0.05) is 26.0 Å². The quantitative estimate of drug-likeness (QED) is 0.284. The Morgan fingerprint density at radius 2 is 1.88 bits per heavy atom. The number of rotatable bonds is 8. The van der Waals surface area contributed by atoms with Gasteiger partial charge in [-0.2, -0.15) is 0 Å². The van der Waals surface area contributed by atoms with Crippen LogP contribution in [0.4, 0.5) is 0 Å². The molecule has 24 heavy (non-hydrogen) atoms. The predicted octanol–water partition coefficient (Wildman–Crippen LogP) is 3.65. The van der Waals surface area contributed by atoms with Gasteiger partial charge in [-0.25, -0.2) is 4.98 Å². The van der Waals surface area contributed by atoms with Crippen LogP contribution in [0.1, 0.15) is 33.1 Å². The number of hydrogen-bond donors (Lipinski definition) is 2. The first-order valence-electron chi connectivity index (χ1n) is 8.55. The maximum atomic E-state index is 4.42. The summed E-state index contributed by atoms with van der Waals surface area (Å²) >= 11 is 0. The second-order valence-electron chi connectivity index (χ2n) is 6.24. The number of aromatic nitrogens is 2. The third-order valence-electron chi connectivity index (χ3n) is 3.87. The highest BCUT2D eigenvalue weighted by atomic mass is 127. The van der Waals surface area contributed by atoms with Gasteiger partial charge in [0.25, 0.3) is 0 Å². The highest BCUT2D eigenvalue weighted by molar-refractivity contribution is 14.0. The van der Waals surface area contributed by atoms with Crippen molar-refractivity contribution < 1.29 is 0 Å². The molecule has 0 radical (unpaired) electrons. The maximum Gasteiger partial charge on any atom is 0.190 e. The number of benzene rings is 1. The number of imidazole rings is 1. The van der Waals surface area contributed by atoms with Crippen LogP contribution < -0.4 is 10.6 Å². The summed E-state index contributed by atoms with van der Waals surface area (Å²) in [6.45, 7) is 7.35. The minimum atomic E-state index is 0. The van der Waals surface area contributed by atoms with Crippen molar-refractivity contribution in [2.45, 2.75) is 39.7 Å². The van der Waals surface area contributed by atoms with Gasteiger partial charge in [-0.3, -0.25) is 4.99 Å². The molecular weight excluding hydrogens is 413 g/mol. The highest BCUT2D eigenvalue weighted by Gasteiger charge is 2.02. The Bertz CT molecular complexity index is 621. The molecule has 1 aromatic heterocycles. The van der Waals surface area contributed by atoms with Crippen molar-refractivity contribution in [2.75, 3.05) is 20.1 Å². The van der Waals surface area contributed by atoms with Crippen LogP contribution in [0.3, 0.4) is 0 Å². The zero-order valence-corrected chi connectivity index (χ0v) is 17.3. The molecule has 1 heterocycles.